The van der Waals surface area contributed by atoms with Gasteiger partial charge in [0.25, 0.3) is 11.5 Å². The summed E-state index contributed by atoms with van der Waals surface area (Å²) < 4.78 is 3.31. The molecular formula is C20H24N4O2. The second-order valence-electron chi connectivity index (χ2n) is 7.83. The minimum Gasteiger partial charge on any atom is -0.337 e. The van der Waals surface area contributed by atoms with Crippen LogP contribution in [0.2, 0.25) is 0 Å². The molecule has 1 fully saturated rings. The number of piperidine rings is 1. The number of carbonyl (C=O) groups is 1. The fraction of sp³-hybridized carbons (Fsp3) is 0.450. The fourth-order valence-electron chi connectivity index (χ4n) is 4.17. The van der Waals surface area contributed by atoms with E-state index < -0.39 is 0 Å². The zero-order valence-corrected chi connectivity index (χ0v) is 15.7. The van der Waals surface area contributed by atoms with Crippen LogP contribution >= 0.6 is 0 Å². The lowest BCUT2D eigenvalue weighted by Gasteiger charge is -2.35. The number of carbonyl (C=O) groups excluding carboxylic acids is 1. The number of aromatic nitrogens is 3. The van der Waals surface area contributed by atoms with E-state index in [1.165, 1.54) is 0 Å². The first-order chi connectivity index (χ1) is 12.3. The maximum absolute atomic E-state index is 13.1. The molecule has 3 aromatic rings. The Balaban J connectivity index is 1.85. The van der Waals surface area contributed by atoms with Crippen LogP contribution in [0.4, 0.5) is 0 Å². The molecule has 0 bridgehead atoms. The average molecular weight is 352 g/mol. The monoisotopic (exact) mass is 352 g/mol. The van der Waals surface area contributed by atoms with Crippen LogP contribution in [0, 0.1) is 18.8 Å². The van der Waals surface area contributed by atoms with Crippen molar-refractivity contribution in [3.8, 4) is 0 Å². The minimum atomic E-state index is -0.135. The third-order valence-electron chi connectivity index (χ3n) is 5.32. The second kappa shape index (κ2) is 5.97. The predicted molar refractivity (Wildman–Crippen MR) is 102 cm³/mol. The van der Waals surface area contributed by atoms with Crippen molar-refractivity contribution >= 4 is 22.6 Å². The number of hydrogen-bond donors (Lipinski definition) is 0. The number of rotatable bonds is 1. The number of likely N-dealkylation sites (tertiary alicyclic amines) is 1. The van der Waals surface area contributed by atoms with Gasteiger partial charge in [-0.1, -0.05) is 19.9 Å². The number of amides is 1. The van der Waals surface area contributed by atoms with Crippen molar-refractivity contribution in [2.45, 2.75) is 27.2 Å². The zero-order chi connectivity index (χ0) is 18.6. The molecule has 4 heterocycles. The average Bonchev–Trinajstić information content (AvgIpc) is 2.91. The van der Waals surface area contributed by atoms with Crippen molar-refractivity contribution in [2.24, 2.45) is 18.9 Å². The van der Waals surface area contributed by atoms with Crippen molar-refractivity contribution < 1.29 is 4.79 Å². The minimum absolute atomic E-state index is 0.0199. The maximum atomic E-state index is 13.1. The van der Waals surface area contributed by atoms with Crippen LogP contribution in [0.5, 0.6) is 0 Å². The van der Waals surface area contributed by atoms with Gasteiger partial charge in [0, 0.05) is 26.3 Å². The molecule has 2 unspecified atom stereocenters. The Morgan fingerprint density at radius 3 is 2.58 bits per heavy atom. The Labute approximate surface area is 152 Å². The lowest BCUT2D eigenvalue weighted by atomic mass is 9.92. The van der Waals surface area contributed by atoms with Crippen LogP contribution in [0.15, 0.2) is 29.2 Å². The predicted octanol–water partition coefficient (Wildman–Crippen LogP) is 2.61. The lowest BCUT2D eigenvalue weighted by molar-refractivity contribution is 0.0614. The smallest absolute Gasteiger partial charge is 0.270 e. The summed E-state index contributed by atoms with van der Waals surface area (Å²) in [7, 11) is 1.81. The Bertz CT molecular complexity index is 1070. The van der Waals surface area contributed by atoms with Crippen LogP contribution in [-0.4, -0.2) is 37.8 Å². The van der Waals surface area contributed by atoms with Gasteiger partial charge in [-0.05, 0) is 42.9 Å². The van der Waals surface area contributed by atoms with Crippen LogP contribution in [0.25, 0.3) is 16.7 Å². The summed E-state index contributed by atoms with van der Waals surface area (Å²) in [5.41, 5.74) is 2.53. The van der Waals surface area contributed by atoms with Crippen molar-refractivity contribution in [3.63, 3.8) is 0 Å². The van der Waals surface area contributed by atoms with Crippen LogP contribution in [0.1, 0.15) is 36.3 Å². The van der Waals surface area contributed by atoms with Gasteiger partial charge in [0.1, 0.15) is 17.0 Å². The molecule has 0 aliphatic carbocycles. The van der Waals surface area contributed by atoms with Gasteiger partial charge >= 0.3 is 0 Å². The summed E-state index contributed by atoms with van der Waals surface area (Å²) in [5, 5.41) is 0.483. The van der Waals surface area contributed by atoms with Crippen molar-refractivity contribution in [2.75, 3.05) is 13.1 Å². The molecular weight excluding hydrogens is 328 g/mol. The van der Waals surface area contributed by atoms with E-state index in [0.29, 0.717) is 34.2 Å². The molecule has 6 nitrogen and oxygen atoms in total. The molecule has 1 amide bonds. The highest BCUT2D eigenvalue weighted by Gasteiger charge is 2.28. The van der Waals surface area contributed by atoms with Gasteiger partial charge in [0.15, 0.2) is 0 Å². The Morgan fingerprint density at radius 1 is 1.19 bits per heavy atom. The topological polar surface area (TPSA) is 59.6 Å². The van der Waals surface area contributed by atoms with Gasteiger partial charge in [-0.15, -0.1) is 0 Å². The van der Waals surface area contributed by atoms with Gasteiger partial charge < -0.3 is 9.47 Å². The number of aryl methyl sites for hydroxylation is 2. The second-order valence-corrected chi connectivity index (χ2v) is 7.83. The molecule has 3 aromatic heterocycles. The third kappa shape index (κ3) is 2.60. The largest absolute Gasteiger partial charge is 0.337 e. The Kier molecular flexibility index (Phi) is 3.86. The number of nitrogens with zero attached hydrogens (tertiary/aromatic N) is 4. The Morgan fingerprint density at radius 2 is 1.88 bits per heavy atom. The normalized spacial score (nSPS) is 20.8. The van der Waals surface area contributed by atoms with Crippen molar-refractivity contribution in [1.29, 1.82) is 0 Å². The van der Waals surface area contributed by atoms with E-state index >= 15 is 0 Å². The highest BCUT2D eigenvalue weighted by Crippen LogP contribution is 2.24. The van der Waals surface area contributed by atoms with E-state index in [1.807, 2.05) is 31.0 Å². The molecule has 4 rings (SSSR count). The molecule has 26 heavy (non-hydrogen) atoms. The first-order valence-corrected chi connectivity index (χ1v) is 9.13. The lowest BCUT2D eigenvalue weighted by Crippen LogP contribution is -2.43. The summed E-state index contributed by atoms with van der Waals surface area (Å²) in [4.78, 5) is 32.5. The molecule has 2 atom stereocenters. The summed E-state index contributed by atoms with van der Waals surface area (Å²) in [6, 6.07) is 5.46. The number of pyridine rings is 1. The van der Waals surface area contributed by atoms with E-state index in [2.05, 4.69) is 18.8 Å². The molecule has 0 spiro atoms. The number of fused-ring (bicyclic) bond motifs is 2. The van der Waals surface area contributed by atoms with E-state index in [0.717, 1.165) is 25.1 Å². The first-order valence-electron chi connectivity index (χ1n) is 9.13. The molecule has 1 aliphatic rings. The van der Waals surface area contributed by atoms with E-state index in [9.17, 15) is 9.59 Å². The van der Waals surface area contributed by atoms with E-state index in [4.69, 9.17) is 0 Å². The van der Waals surface area contributed by atoms with E-state index in [1.54, 1.807) is 21.2 Å². The van der Waals surface area contributed by atoms with Gasteiger partial charge in [-0.25, -0.2) is 4.98 Å². The standard InChI is InChI=1S/C20H24N4O2/c1-12-5-6-17-21-18-15(19(25)24(17)11-12)8-16(22(18)4)20(26)23-9-13(2)7-14(3)10-23/h5-6,8,11,13-14H,7,9-10H2,1-4H3. The highest BCUT2D eigenvalue weighted by atomic mass is 16.2. The quantitative estimate of drug-likeness (QED) is 0.676. The fourth-order valence-corrected chi connectivity index (χ4v) is 4.17. The molecule has 1 saturated heterocycles. The number of hydrogen-bond acceptors (Lipinski definition) is 3. The molecule has 0 radical (unpaired) electrons. The molecule has 136 valence electrons. The molecule has 0 saturated carbocycles. The van der Waals surface area contributed by atoms with Crippen molar-refractivity contribution in [1.82, 2.24) is 18.9 Å². The molecule has 0 N–H and O–H groups in total. The molecule has 6 heteroatoms. The summed E-state index contributed by atoms with van der Waals surface area (Å²) in [5.74, 6) is 0.965. The summed E-state index contributed by atoms with van der Waals surface area (Å²) in [6.07, 6.45) is 2.93. The molecule has 0 aromatic carbocycles. The van der Waals surface area contributed by atoms with Gasteiger partial charge in [0.05, 0.1) is 5.39 Å². The SMILES string of the molecule is Cc1ccc2nc3c(cc(C(=O)N4CC(C)CC(C)C4)n3C)c(=O)n2c1. The van der Waals surface area contributed by atoms with E-state index in [-0.39, 0.29) is 11.5 Å². The van der Waals surface area contributed by atoms with Crippen molar-refractivity contribution in [3.05, 3.63) is 46.0 Å². The summed E-state index contributed by atoms with van der Waals surface area (Å²) in [6.45, 7) is 7.83. The zero-order valence-electron chi connectivity index (χ0n) is 15.7. The van der Waals surface area contributed by atoms with Gasteiger partial charge in [-0.2, -0.15) is 0 Å². The summed E-state index contributed by atoms with van der Waals surface area (Å²) >= 11 is 0. The van der Waals surface area contributed by atoms with Gasteiger partial charge in [-0.3, -0.25) is 14.0 Å². The van der Waals surface area contributed by atoms with Crippen LogP contribution in [-0.2, 0) is 7.05 Å². The third-order valence-corrected chi connectivity index (χ3v) is 5.32. The van der Waals surface area contributed by atoms with Crippen LogP contribution < -0.4 is 5.56 Å². The Hall–Kier alpha value is -2.63. The maximum Gasteiger partial charge on any atom is 0.270 e. The van der Waals surface area contributed by atoms with Gasteiger partial charge in [0.2, 0.25) is 0 Å². The highest BCUT2D eigenvalue weighted by molar-refractivity contribution is 5.98. The molecule has 1 aliphatic heterocycles. The van der Waals surface area contributed by atoms with Crippen LogP contribution in [0.3, 0.4) is 0 Å². The first kappa shape index (κ1) is 16.8.